The van der Waals surface area contributed by atoms with Crippen LogP contribution in [0.1, 0.15) is 24.8 Å². The molecule has 1 aromatic rings. The Kier molecular flexibility index (Phi) is 3.50. The maximum absolute atomic E-state index is 11.9. The number of benzene rings is 1. The smallest absolute Gasteiger partial charge is 0.305 e. The van der Waals surface area contributed by atoms with Crippen LogP contribution in [0.2, 0.25) is 0 Å². The average Bonchev–Trinajstić information content (AvgIpc) is 2.67. The first-order valence-corrected chi connectivity index (χ1v) is 5.84. The Bertz CT molecular complexity index is 472. The van der Waals surface area contributed by atoms with E-state index < -0.39 is 12.1 Å². The molecular weight excluding hydrogens is 234 g/mol. The molecule has 0 aliphatic carbocycles. The summed E-state index contributed by atoms with van der Waals surface area (Å²) in [6.45, 7) is 2.05. The minimum Gasteiger partial charge on any atom is -0.481 e. The van der Waals surface area contributed by atoms with E-state index in [-0.39, 0.29) is 24.8 Å². The number of carbonyl (C=O) groups is 2. The van der Waals surface area contributed by atoms with Crippen LogP contribution in [-0.4, -0.2) is 29.6 Å². The van der Waals surface area contributed by atoms with E-state index >= 15 is 0 Å². The zero-order valence-corrected chi connectivity index (χ0v) is 10.1. The third kappa shape index (κ3) is 2.45. The molecule has 2 atom stereocenters. The summed E-state index contributed by atoms with van der Waals surface area (Å²) in [7, 11) is 0. The fourth-order valence-electron chi connectivity index (χ4n) is 2.04. The molecule has 1 aliphatic rings. The van der Waals surface area contributed by atoms with Gasteiger partial charge in [0.05, 0.1) is 6.42 Å². The number of para-hydroxylation sites is 1. The Morgan fingerprint density at radius 1 is 1.39 bits per heavy atom. The van der Waals surface area contributed by atoms with Gasteiger partial charge in [0.2, 0.25) is 0 Å². The molecule has 0 saturated heterocycles. The van der Waals surface area contributed by atoms with Crippen molar-refractivity contribution in [1.29, 1.82) is 0 Å². The van der Waals surface area contributed by atoms with Gasteiger partial charge in [-0.2, -0.15) is 0 Å². The van der Waals surface area contributed by atoms with Gasteiger partial charge in [0.15, 0.2) is 6.10 Å². The lowest BCUT2D eigenvalue weighted by molar-refractivity contribution is -0.137. The van der Waals surface area contributed by atoms with Crippen molar-refractivity contribution in [3.8, 4) is 5.75 Å². The summed E-state index contributed by atoms with van der Waals surface area (Å²) in [5.41, 5.74) is 1.01. The van der Waals surface area contributed by atoms with Gasteiger partial charge in [-0.3, -0.25) is 9.59 Å². The van der Waals surface area contributed by atoms with Crippen LogP contribution in [0.15, 0.2) is 24.3 Å². The van der Waals surface area contributed by atoms with Crippen molar-refractivity contribution in [3.63, 3.8) is 0 Å². The van der Waals surface area contributed by atoms with E-state index in [1.165, 1.54) is 0 Å². The van der Waals surface area contributed by atoms with Crippen LogP contribution in [0, 0.1) is 0 Å². The summed E-state index contributed by atoms with van der Waals surface area (Å²) >= 11 is 0. The molecule has 0 aromatic heterocycles. The second kappa shape index (κ2) is 5.08. The van der Waals surface area contributed by atoms with Crippen molar-refractivity contribution in [3.05, 3.63) is 29.8 Å². The molecule has 0 spiro atoms. The molecule has 2 rings (SSSR count). The highest BCUT2D eigenvalue weighted by Gasteiger charge is 2.35. The normalized spacial score (nSPS) is 20.9. The molecular formula is C13H15NO4. The molecule has 0 radical (unpaired) electrons. The number of ether oxygens (including phenoxy) is 1. The van der Waals surface area contributed by atoms with Crippen molar-refractivity contribution >= 4 is 11.9 Å². The number of hydrogen-bond donors (Lipinski definition) is 2. The molecule has 0 saturated carbocycles. The van der Waals surface area contributed by atoms with Crippen LogP contribution in [0.4, 0.5) is 0 Å². The van der Waals surface area contributed by atoms with Gasteiger partial charge in [-0.1, -0.05) is 25.1 Å². The molecule has 96 valence electrons. The van der Waals surface area contributed by atoms with Gasteiger partial charge in [0.1, 0.15) is 5.75 Å². The lowest BCUT2D eigenvalue weighted by Gasteiger charge is -2.14. The second-order valence-corrected chi connectivity index (χ2v) is 4.30. The minimum absolute atomic E-state index is 0.0222. The van der Waals surface area contributed by atoms with Crippen LogP contribution in [-0.2, 0) is 9.59 Å². The second-order valence-electron chi connectivity index (χ2n) is 4.30. The van der Waals surface area contributed by atoms with Gasteiger partial charge >= 0.3 is 5.97 Å². The number of amides is 1. The van der Waals surface area contributed by atoms with Gasteiger partial charge in [0, 0.05) is 18.0 Å². The van der Waals surface area contributed by atoms with E-state index in [4.69, 9.17) is 9.84 Å². The molecule has 1 aromatic carbocycles. The molecule has 5 heteroatoms. The number of carboxylic acids is 1. The first-order chi connectivity index (χ1) is 8.59. The summed E-state index contributed by atoms with van der Waals surface area (Å²) in [6, 6.07) is 7.53. The van der Waals surface area contributed by atoms with Crippen LogP contribution < -0.4 is 10.1 Å². The number of rotatable bonds is 4. The Balaban J connectivity index is 1.96. The highest BCUT2D eigenvalue weighted by molar-refractivity contribution is 5.83. The van der Waals surface area contributed by atoms with Gasteiger partial charge in [-0.25, -0.2) is 0 Å². The van der Waals surface area contributed by atoms with Gasteiger partial charge in [-0.15, -0.1) is 0 Å². The fraction of sp³-hybridized carbons (Fsp3) is 0.385. The quantitative estimate of drug-likeness (QED) is 0.839. The number of hydrogen-bond acceptors (Lipinski definition) is 3. The third-order valence-corrected chi connectivity index (χ3v) is 3.01. The zero-order chi connectivity index (χ0) is 13.1. The number of carbonyl (C=O) groups excluding carboxylic acids is 1. The molecule has 5 nitrogen and oxygen atoms in total. The van der Waals surface area contributed by atoms with E-state index in [0.717, 1.165) is 11.3 Å². The largest absolute Gasteiger partial charge is 0.481 e. The van der Waals surface area contributed by atoms with Crippen LogP contribution in [0.3, 0.4) is 0 Å². The summed E-state index contributed by atoms with van der Waals surface area (Å²) < 4.78 is 5.58. The van der Waals surface area contributed by atoms with Crippen molar-refractivity contribution in [2.45, 2.75) is 25.4 Å². The van der Waals surface area contributed by atoms with E-state index in [9.17, 15) is 9.59 Å². The van der Waals surface area contributed by atoms with E-state index in [2.05, 4.69) is 5.32 Å². The Morgan fingerprint density at radius 2 is 2.11 bits per heavy atom. The molecule has 2 N–H and O–H groups in total. The monoisotopic (exact) mass is 249 g/mol. The van der Waals surface area contributed by atoms with Crippen LogP contribution in [0.25, 0.3) is 0 Å². The predicted octanol–water partition coefficient (Wildman–Crippen LogP) is 1.14. The molecule has 1 amide bonds. The molecule has 1 heterocycles. The molecule has 0 fully saturated rings. The summed E-state index contributed by atoms with van der Waals surface area (Å²) in [4.78, 5) is 22.2. The SMILES string of the molecule is C[C@H]1c2ccccc2O[C@H]1C(=O)NCCC(=O)O. The lowest BCUT2D eigenvalue weighted by Crippen LogP contribution is -2.39. The summed E-state index contributed by atoms with van der Waals surface area (Å²) in [5.74, 6) is -0.492. The highest BCUT2D eigenvalue weighted by atomic mass is 16.5. The summed E-state index contributed by atoms with van der Waals surface area (Å²) in [6.07, 6.45) is -0.657. The number of aliphatic carboxylic acids is 1. The van der Waals surface area contributed by atoms with E-state index in [1.807, 2.05) is 31.2 Å². The fourth-order valence-corrected chi connectivity index (χ4v) is 2.04. The molecule has 0 unspecified atom stereocenters. The maximum Gasteiger partial charge on any atom is 0.305 e. The maximum atomic E-state index is 11.9. The highest BCUT2D eigenvalue weighted by Crippen LogP contribution is 2.37. The molecule has 18 heavy (non-hydrogen) atoms. The van der Waals surface area contributed by atoms with Crippen molar-refractivity contribution in [1.82, 2.24) is 5.32 Å². The Labute approximate surface area is 105 Å². The minimum atomic E-state index is -0.932. The van der Waals surface area contributed by atoms with Crippen molar-refractivity contribution in [2.75, 3.05) is 6.54 Å². The topological polar surface area (TPSA) is 75.6 Å². The molecule has 1 aliphatic heterocycles. The zero-order valence-electron chi connectivity index (χ0n) is 10.1. The van der Waals surface area contributed by atoms with Crippen LogP contribution >= 0.6 is 0 Å². The van der Waals surface area contributed by atoms with E-state index in [1.54, 1.807) is 0 Å². The Hall–Kier alpha value is -2.04. The first kappa shape index (κ1) is 12.4. The standard InChI is InChI=1S/C13H15NO4/c1-8-9-4-2-3-5-10(9)18-12(8)13(17)14-7-6-11(15)16/h2-5,8,12H,6-7H2,1H3,(H,14,17)(H,15,16)/t8-,12+/m0/s1. The van der Waals surface area contributed by atoms with Crippen LogP contribution in [0.5, 0.6) is 5.75 Å². The van der Waals surface area contributed by atoms with Crippen molar-refractivity contribution < 1.29 is 19.4 Å². The van der Waals surface area contributed by atoms with Gasteiger partial charge < -0.3 is 15.2 Å². The van der Waals surface area contributed by atoms with Gasteiger partial charge in [-0.05, 0) is 6.07 Å². The predicted molar refractivity (Wildman–Crippen MR) is 64.5 cm³/mol. The third-order valence-electron chi connectivity index (χ3n) is 3.01. The average molecular weight is 249 g/mol. The first-order valence-electron chi connectivity index (χ1n) is 5.84. The number of carboxylic acid groups (broad SMARTS) is 1. The number of nitrogens with one attached hydrogen (secondary N) is 1. The summed E-state index contributed by atoms with van der Waals surface area (Å²) in [5, 5.41) is 11.1. The van der Waals surface area contributed by atoms with Gasteiger partial charge in [0.25, 0.3) is 5.91 Å². The lowest BCUT2D eigenvalue weighted by atomic mass is 9.97. The Morgan fingerprint density at radius 3 is 2.78 bits per heavy atom. The van der Waals surface area contributed by atoms with E-state index in [0.29, 0.717) is 0 Å². The number of fused-ring (bicyclic) bond motifs is 1. The molecule has 0 bridgehead atoms. The van der Waals surface area contributed by atoms with Crippen molar-refractivity contribution in [2.24, 2.45) is 0 Å².